The van der Waals surface area contributed by atoms with Gasteiger partial charge in [-0.25, -0.2) is 9.97 Å². The lowest BCUT2D eigenvalue weighted by atomic mass is 9.92. The number of aromatic nitrogens is 2. The number of hydrogen-bond donors (Lipinski definition) is 3. The molecule has 1 aromatic carbocycles. The largest absolute Gasteiger partial charge is 0.504 e. The van der Waals surface area contributed by atoms with Crippen LogP contribution in [0.1, 0.15) is 46.8 Å². The summed E-state index contributed by atoms with van der Waals surface area (Å²) in [6.07, 6.45) is 4.05. The van der Waals surface area contributed by atoms with E-state index < -0.39 is 18.4 Å². The number of benzene rings is 1. The maximum atomic E-state index is 12.3. The minimum absolute atomic E-state index is 0.153. The van der Waals surface area contributed by atoms with Gasteiger partial charge in [0.25, 0.3) is 5.91 Å². The van der Waals surface area contributed by atoms with Gasteiger partial charge in [0.15, 0.2) is 17.7 Å². The number of rotatable bonds is 8. The van der Waals surface area contributed by atoms with Gasteiger partial charge in [0.05, 0.1) is 18.9 Å². The van der Waals surface area contributed by atoms with Crippen molar-refractivity contribution in [3.8, 4) is 5.75 Å². The highest BCUT2D eigenvalue weighted by Gasteiger charge is 2.24. The van der Waals surface area contributed by atoms with E-state index in [1.54, 1.807) is 6.92 Å². The molecule has 0 aliphatic carbocycles. The number of carbonyl (C=O) groups excluding carboxylic acids is 1. The molecule has 3 N–H and O–H groups in total. The summed E-state index contributed by atoms with van der Waals surface area (Å²) in [5.41, 5.74) is 2.50. The number of ether oxygens (including phenoxy) is 2. The van der Waals surface area contributed by atoms with Crippen molar-refractivity contribution >= 4 is 17.6 Å². The molecule has 35 heavy (non-hydrogen) atoms. The summed E-state index contributed by atoms with van der Waals surface area (Å²) in [7, 11) is 0. The summed E-state index contributed by atoms with van der Waals surface area (Å²) in [6.45, 7) is 4.38. The van der Waals surface area contributed by atoms with Crippen LogP contribution in [0, 0.1) is 12.8 Å². The number of anilines is 1. The van der Waals surface area contributed by atoms with Crippen LogP contribution in [0.15, 0.2) is 24.3 Å². The molecule has 0 radical (unpaired) electrons. The molecule has 2 saturated heterocycles. The maximum Gasteiger partial charge on any atom is 0.322 e. The van der Waals surface area contributed by atoms with Crippen LogP contribution in [0.4, 0.5) is 5.69 Å². The van der Waals surface area contributed by atoms with E-state index in [1.165, 1.54) is 11.3 Å². The molecule has 188 valence electrons. The Balaban J connectivity index is 1.31. The van der Waals surface area contributed by atoms with Gasteiger partial charge >= 0.3 is 5.97 Å². The first-order valence-electron chi connectivity index (χ1n) is 12.0. The zero-order chi connectivity index (χ0) is 24.8. The fourth-order valence-corrected chi connectivity index (χ4v) is 4.46. The third-order valence-electron chi connectivity index (χ3n) is 6.41. The third kappa shape index (κ3) is 6.67. The van der Waals surface area contributed by atoms with Gasteiger partial charge in [-0.2, -0.15) is 0 Å². The molecule has 0 spiro atoms. The maximum absolute atomic E-state index is 12.3. The molecular formula is C25H32N4O6. The third-order valence-corrected chi connectivity index (χ3v) is 6.41. The van der Waals surface area contributed by atoms with Crippen LogP contribution in [0.2, 0.25) is 0 Å². The number of aliphatic carboxylic acids is 1. The fourth-order valence-electron chi connectivity index (χ4n) is 4.46. The Labute approximate surface area is 204 Å². The minimum atomic E-state index is -1.17. The zero-order valence-electron chi connectivity index (χ0n) is 19.9. The van der Waals surface area contributed by atoms with Gasteiger partial charge in [-0.05, 0) is 49.8 Å². The fraction of sp³-hybridized carbons (Fsp3) is 0.520. The van der Waals surface area contributed by atoms with Crippen molar-refractivity contribution in [2.75, 3.05) is 37.7 Å². The summed E-state index contributed by atoms with van der Waals surface area (Å²) in [4.78, 5) is 33.9. The smallest absolute Gasteiger partial charge is 0.322 e. The van der Waals surface area contributed by atoms with Crippen molar-refractivity contribution in [2.45, 2.75) is 45.3 Å². The van der Waals surface area contributed by atoms with E-state index in [-0.39, 0.29) is 17.7 Å². The Morgan fingerprint density at radius 2 is 1.77 bits per heavy atom. The molecule has 1 aromatic heterocycles. The normalized spacial score (nSPS) is 17.3. The molecule has 0 bridgehead atoms. The highest BCUT2D eigenvalue weighted by molar-refractivity contribution is 5.96. The Morgan fingerprint density at radius 1 is 1.09 bits per heavy atom. The SMILES string of the molecule is Cc1nc(CC2CCN(c3ccc(CC4OCCCO4)cc3)CC2)nc(C(=O)NCC(=O)O)c1O. The summed E-state index contributed by atoms with van der Waals surface area (Å²) in [5, 5.41) is 21.2. The molecular weight excluding hydrogens is 452 g/mol. The lowest BCUT2D eigenvalue weighted by molar-refractivity contribution is -0.176. The Hall–Kier alpha value is -3.24. The molecule has 2 fully saturated rings. The van der Waals surface area contributed by atoms with E-state index in [9.17, 15) is 14.7 Å². The number of nitrogens with zero attached hydrogens (tertiary/aromatic N) is 3. The number of aryl methyl sites for hydroxylation is 1. The van der Waals surface area contributed by atoms with Crippen molar-refractivity contribution in [3.63, 3.8) is 0 Å². The van der Waals surface area contributed by atoms with E-state index in [2.05, 4.69) is 44.5 Å². The van der Waals surface area contributed by atoms with Crippen LogP contribution < -0.4 is 10.2 Å². The Morgan fingerprint density at radius 3 is 2.43 bits per heavy atom. The predicted octanol–water partition coefficient (Wildman–Crippen LogP) is 2.07. The number of amides is 1. The highest BCUT2D eigenvalue weighted by atomic mass is 16.7. The van der Waals surface area contributed by atoms with Crippen LogP contribution in [-0.4, -0.2) is 71.2 Å². The summed E-state index contributed by atoms with van der Waals surface area (Å²) in [6, 6.07) is 8.55. The van der Waals surface area contributed by atoms with Gasteiger partial charge in [-0.15, -0.1) is 0 Å². The van der Waals surface area contributed by atoms with E-state index >= 15 is 0 Å². The second-order valence-electron chi connectivity index (χ2n) is 9.03. The first-order valence-corrected chi connectivity index (χ1v) is 12.0. The minimum Gasteiger partial charge on any atom is -0.504 e. The van der Waals surface area contributed by atoms with Crippen LogP contribution >= 0.6 is 0 Å². The van der Waals surface area contributed by atoms with Crippen molar-refractivity contribution in [1.82, 2.24) is 15.3 Å². The van der Waals surface area contributed by atoms with Gasteiger partial charge in [0.1, 0.15) is 12.4 Å². The van der Waals surface area contributed by atoms with Gasteiger partial charge < -0.3 is 29.9 Å². The number of nitrogens with one attached hydrogen (secondary N) is 1. The van der Waals surface area contributed by atoms with E-state index in [1.807, 2.05) is 0 Å². The summed E-state index contributed by atoms with van der Waals surface area (Å²) < 4.78 is 11.3. The Kier molecular flexibility index (Phi) is 8.14. The first-order chi connectivity index (χ1) is 16.9. The predicted molar refractivity (Wildman–Crippen MR) is 127 cm³/mol. The molecule has 4 rings (SSSR count). The molecule has 0 saturated carbocycles. The number of aromatic hydroxyl groups is 1. The van der Waals surface area contributed by atoms with Crippen molar-refractivity contribution in [2.24, 2.45) is 5.92 Å². The monoisotopic (exact) mass is 484 g/mol. The average Bonchev–Trinajstić information content (AvgIpc) is 2.86. The zero-order valence-corrected chi connectivity index (χ0v) is 19.9. The highest BCUT2D eigenvalue weighted by Crippen LogP contribution is 2.27. The van der Waals surface area contributed by atoms with Crippen LogP contribution in [0.3, 0.4) is 0 Å². The lowest BCUT2D eigenvalue weighted by Crippen LogP contribution is -2.34. The number of carboxylic acids is 1. The van der Waals surface area contributed by atoms with E-state index in [0.717, 1.165) is 52.0 Å². The second-order valence-corrected chi connectivity index (χ2v) is 9.03. The molecule has 10 nitrogen and oxygen atoms in total. The molecule has 3 heterocycles. The number of hydrogen-bond acceptors (Lipinski definition) is 8. The van der Waals surface area contributed by atoms with E-state index in [0.29, 0.717) is 23.9 Å². The quantitative estimate of drug-likeness (QED) is 0.515. The molecule has 0 atom stereocenters. The van der Waals surface area contributed by atoms with Gasteiger partial charge in [0, 0.05) is 31.6 Å². The van der Waals surface area contributed by atoms with Crippen LogP contribution in [0.5, 0.6) is 5.75 Å². The molecule has 2 aliphatic rings. The molecule has 10 heteroatoms. The number of carboxylic acid groups (broad SMARTS) is 1. The molecule has 1 amide bonds. The van der Waals surface area contributed by atoms with Gasteiger partial charge in [0.2, 0.25) is 0 Å². The second kappa shape index (κ2) is 11.5. The molecule has 2 aliphatic heterocycles. The summed E-state index contributed by atoms with van der Waals surface area (Å²) >= 11 is 0. The Bertz CT molecular complexity index is 1030. The van der Waals surface area contributed by atoms with Crippen molar-refractivity contribution in [3.05, 3.63) is 47.0 Å². The number of carbonyl (C=O) groups is 2. The summed E-state index contributed by atoms with van der Waals surface area (Å²) in [5.74, 6) is -1.38. The van der Waals surface area contributed by atoms with E-state index in [4.69, 9.17) is 14.6 Å². The molecule has 2 aromatic rings. The van der Waals surface area contributed by atoms with Crippen molar-refractivity contribution < 1.29 is 29.3 Å². The topological polar surface area (TPSA) is 134 Å². The van der Waals surface area contributed by atoms with Crippen LogP contribution in [-0.2, 0) is 27.1 Å². The van der Waals surface area contributed by atoms with Crippen molar-refractivity contribution in [1.29, 1.82) is 0 Å². The average molecular weight is 485 g/mol. The van der Waals surface area contributed by atoms with Gasteiger partial charge in [-0.1, -0.05) is 12.1 Å². The van der Waals surface area contributed by atoms with Gasteiger partial charge in [-0.3, -0.25) is 9.59 Å². The standard InChI is InChI=1S/C25H32N4O6/c1-16-24(32)23(25(33)26-15-21(30)31)28-20(27-16)13-18-7-9-29(10-8-18)19-5-3-17(4-6-19)14-22-34-11-2-12-35-22/h3-6,18,22,32H,2,7-15H2,1H3,(H,26,33)(H,30,31). The number of piperidine rings is 1. The molecule has 0 unspecified atom stereocenters. The van der Waals surface area contributed by atoms with Crippen LogP contribution in [0.25, 0.3) is 0 Å². The lowest BCUT2D eigenvalue weighted by Gasteiger charge is -2.33. The first kappa shape index (κ1) is 24.9.